The minimum atomic E-state index is 0.209. The van der Waals surface area contributed by atoms with Crippen LogP contribution in [-0.2, 0) is 11.8 Å². The van der Waals surface area contributed by atoms with Crippen LogP contribution in [0.3, 0.4) is 0 Å². The molecule has 7 heteroatoms. The fraction of sp³-hybridized carbons (Fsp3) is 0.818. The summed E-state index contributed by atoms with van der Waals surface area (Å²) in [5.41, 5.74) is 1.48. The van der Waals surface area contributed by atoms with Gasteiger partial charge in [0.2, 0.25) is 0 Å². The normalized spacial score (nSPS) is 25.1. The lowest BCUT2D eigenvalue weighted by Gasteiger charge is -2.58. The topological polar surface area (TPSA) is 66.7 Å². The van der Waals surface area contributed by atoms with Crippen molar-refractivity contribution in [1.82, 2.24) is 25.3 Å². The summed E-state index contributed by atoms with van der Waals surface area (Å²) in [5, 5.41) is 11.6. The quantitative estimate of drug-likeness (QED) is 0.515. The molecule has 1 heterocycles. The van der Waals surface area contributed by atoms with Gasteiger partial charge in [0.05, 0.1) is 24.9 Å². The second kappa shape index (κ2) is 9.94. The van der Waals surface area contributed by atoms with Crippen molar-refractivity contribution < 1.29 is 4.74 Å². The predicted octanol–water partition coefficient (Wildman–Crippen LogP) is 2.71. The van der Waals surface area contributed by atoms with Crippen LogP contribution in [0.25, 0.3) is 0 Å². The Hall–Kier alpha value is -1.60. The van der Waals surface area contributed by atoms with E-state index in [1.165, 1.54) is 37.7 Å². The molecule has 29 heavy (non-hydrogen) atoms. The van der Waals surface area contributed by atoms with Gasteiger partial charge in [-0.2, -0.15) is 5.10 Å². The van der Waals surface area contributed by atoms with Gasteiger partial charge in [-0.25, -0.2) is 0 Å². The fourth-order valence-corrected chi connectivity index (χ4v) is 5.11. The molecule has 2 saturated carbocycles. The molecule has 0 saturated heterocycles. The molecule has 164 valence electrons. The predicted molar refractivity (Wildman–Crippen MR) is 118 cm³/mol. The highest BCUT2D eigenvalue weighted by atomic mass is 16.5. The van der Waals surface area contributed by atoms with Crippen LogP contribution >= 0.6 is 0 Å². The molecular formula is C22H40N6O. The van der Waals surface area contributed by atoms with Crippen LogP contribution in [0.1, 0.15) is 64.0 Å². The highest BCUT2D eigenvalue weighted by Crippen LogP contribution is 2.53. The first-order valence-corrected chi connectivity index (χ1v) is 11.3. The molecule has 2 aliphatic carbocycles. The van der Waals surface area contributed by atoms with E-state index < -0.39 is 0 Å². The van der Waals surface area contributed by atoms with Gasteiger partial charge >= 0.3 is 0 Å². The third-order valence-electron chi connectivity index (χ3n) is 6.75. The number of aromatic nitrogens is 2. The summed E-state index contributed by atoms with van der Waals surface area (Å²) in [6.07, 6.45) is 12.0. The Morgan fingerprint density at radius 3 is 2.69 bits per heavy atom. The summed E-state index contributed by atoms with van der Waals surface area (Å²) in [7, 11) is 6.16. The second-order valence-electron chi connectivity index (χ2n) is 8.82. The summed E-state index contributed by atoms with van der Waals surface area (Å²) in [4.78, 5) is 7.18. The maximum Gasteiger partial charge on any atom is 0.191 e. The average molecular weight is 405 g/mol. The minimum absolute atomic E-state index is 0.209. The zero-order valence-electron chi connectivity index (χ0n) is 18.9. The van der Waals surface area contributed by atoms with Gasteiger partial charge in [0.1, 0.15) is 0 Å². The van der Waals surface area contributed by atoms with Gasteiger partial charge in [-0.1, -0.05) is 19.3 Å². The fourth-order valence-electron chi connectivity index (χ4n) is 5.11. The van der Waals surface area contributed by atoms with E-state index >= 15 is 0 Å². The number of hydrogen-bond acceptors (Lipinski definition) is 4. The van der Waals surface area contributed by atoms with Gasteiger partial charge in [0.25, 0.3) is 0 Å². The number of nitrogens with one attached hydrogen (secondary N) is 2. The number of rotatable bonds is 8. The molecule has 1 aromatic heterocycles. The lowest BCUT2D eigenvalue weighted by Crippen LogP contribution is -2.66. The van der Waals surface area contributed by atoms with Gasteiger partial charge in [0, 0.05) is 43.4 Å². The minimum Gasteiger partial charge on any atom is -0.378 e. The summed E-state index contributed by atoms with van der Waals surface area (Å²) < 4.78 is 7.97. The van der Waals surface area contributed by atoms with Gasteiger partial charge in [0.15, 0.2) is 5.96 Å². The Labute approximate surface area is 176 Å². The van der Waals surface area contributed by atoms with Crippen molar-refractivity contribution in [3.63, 3.8) is 0 Å². The van der Waals surface area contributed by atoms with E-state index in [2.05, 4.69) is 54.8 Å². The van der Waals surface area contributed by atoms with Crippen LogP contribution < -0.4 is 10.6 Å². The number of ether oxygens (including phenoxy) is 1. The maximum atomic E-state index is 6.12. The summed E-state index contributed by atoms with van der Waals surface area (Å²) in [6.45, 7) is 6.61. The Kier molecular flexibility index (Phi) is 7.57. The highest BCUT2D eigenvalue weighted by Gasteiger charge is 2.55. The third-order valence-corrected chi connectivity index (χ3v) is 6.75. The zero-order chi connectivity index (χ0) is 20.9. The Morgan fingerprint density at radius 2 is 2.10 bits per heavy atom. The molecule has 0 radical (unpaired) electrons. The Bertz CT molecular complexity index is 664. The van der Waals surface area contributed by atoms with Crippen molar-refractivity contribution in [3.8, 4) is 0 Å². The van der Waals surface area contributed by atoms with Crippen molar-refractivity contribution >= 4 is 5.96 Å². The zero-order valence-corrected chi connectivity index (χ0v) is 18.9. The van der Waals surface area contributed by atoms with E-state index in [0.717, 1.165) is 25.5 Å². The van der Waals surface area contributed by atoms with Gasteiger partial charge < -0.3 is 20.3 Å². The largest absolute Gasteiger partial charge is 0.378 e. The molecule has 0 aliphatic heterocycles. The molecule has 0 amide bonds. The first kappa shape index (κ1) is 22.1. The lowest BCUT2D eigenvalue weighted by atomic mass is 9.55. The van der Waals surface area contributed by atoms with Crippen LogP contribution in [0.2, 0.25) is 0 Å². The van der Waals surface area contributed by atoms with Gasteiger partial charge in [-0.15, -0.1) is 0 Å². The standard InChI is InChI=1S/C22H40N6O/c1-6-23-21(24-15-18(27(3)4)17-14-25-28(5)16-17)26-19-13-20(29-7-2)22(19)11-9-8-10-12-22/h14,16,18-20H,6-13,15H2,1-5H3,(H2,23,24,26). The summed E-state index contributed by atoms with van der Waals surface area (Å²) in [5.74, 6) is 0.924. The summed E-state index contributed by atoms with van der Waals surface area (Å²) >= 11 is 0. The van der Waals surface area contributed by atoms with E-state index in [4.69, 9.17) is 9.73 Å². The van der Waals surface area contributed by atoms with Crippen LogP contribution in [0.5, 0.6) is 0 Å². The van der Waals surface area contributed by atoms with E-state index in [0.29, 0.717) is 18.7 Å². The maximum absolute atomic E-state index is 6.12. The van der Waals surface area contributed by atoms with Crippen LogP contribution in [-0.4, -0.2) is 66.6 Å². The van der Waals surface area contributed by atoms with E-state index in [1.807, 2.05) is 17.9 Å². The molecule has 3 unspecified atom stereocenters. The Balaban J connectivity index is 1.70. The SMILES string of the molecule is CCNC(=NCC(c1cnn(C)c1)N(C)C)NC1CC(OCC)C12CCCCC2. The smallest absolute Gasteiger partial charge is 0.191 e. The molecule has 2 fully saturated rings. The Morgan fingerprint density at radius 1 is 1.34 bits per heavy atom. The van der Waals surface area contributed by atoms with E-state index in [9.17, 15) is 0 Å². The van der Waals surface area contributed by atoms with Crippen molar-refractivity contribution in [2.75, 3.05) is 33.8 Å². The lowest BCUT2D eigenvalue weighted by molar-refractivity contribution is -0.145. The first-order valence-electron chi connectivity index (χ1n) is 11.3. The van der Waals surface area contributed by atoms with Gasteiger partial charge in [-0.05, 0) is 47.2 Å². The molecule has 0 aromatic carbocycles. The number of guanidine groups is 1. The summed E-state index contributed by atoms with van der Waals surface area (Å²) in [6, 6.07) is 0.661. The van der Waals surface area contributed by atoms with Gasteiger partial charge in [-0.3, -0.25) is 9.67 Å². The molecular weight excluding hydrogens is 364 g/mol. The van der Waals surface area contributed by atoms with Crippen LogP contribution in [0.15, 0.2) is 17.4 Å². The molecule has 3 atom stereocenters. The molecule has 1 spiro atoms. The number of aliphatic imine (C=N–C) groups is 1. The van der Waals surface area contributed by atoms with Crippen molar-refractivity contribution in [1.29, 1.82) is 0 Å². The van der Waals surface area contributed by atoms with Crippen molar-refractivity contribution in [3.05, 3.63) is 18.0 Å². The van der Waals surface area contributed by atoms with Crippen LogP contribution in [0.4, 0.5) is 0 Å². The van der Waals surface area contributed by atoms with Crippen molar-refractivity contribution in [2.45, 2.75) is 70.6 Å². The average Bonchev–Trinajstić information content (AvgIpc) is 3.13. The number of likely N-dealkylation sites (N-methyl/N-ethyl adjacent to an activating group) is 1. The number of aryl methyl sites for hydroxylation is 1. The van der Waals surface area contributed by atoms with Crippen molar-refractivity contribution in [2.24, 2.45) is 17.5 Å². The molecule has 3 rings (SSSR count). The molecule has 1 aromatic rings. The monoisotopic (exact) mass is 404 g/mol. The number of nitrogens with zero attached hydrogens (tertiary/aromatic N) is 4. The number of hydrogen-bond donors (Lipinski definition) is 2. The third kappa shape index (κ3) is 4.94. The van der Waals surface area contributed by atoms with E-state index in [1.54, 1.807) is 0 Å². The molecule has 0 bridgehead atoms. The molecule has 2 N–H and O–H groups in total. The highest BCUT2D eigenvalue weighted by molar-refractivity contribution is 5.80. The molecule has 2 aliphatic rings. The van der Waals surface area contributed by atoms with E-state index in [-0.39, 0.29) is 11.5 Å². The van der Waals surface area contributed by atoms with Crippen LogP contribution in [0, 0.1) is 5.41 Å². The first-order chi connectivity index (χ1) is 14.0. The second-order valence-corrected chi connectivity index (χ2v) is 8.82. The molecule has 7 nitrogen and oxygen atoms in total.